The van der Waals surface area contributed by atoms with E-state index in [0.717, 1.165) is 15.8 Å². The Bertz CT molecular complexity index is 1100. The molecule has 31 heavy (non-hydrogen) atoms. The molecule has 0 spiro atoms. The number of carbonyl (C=O) groups excluding carboxylic acids is 4. The largest absolute Gasteiger partial charge is 1.00 e. The third-order valence-electron chi connectivity index (χ3n) is 5.00. The number of carboxylic acids is 1. The summed E-state index contributed by atoms with van der Waals surface area (Å²) in [5, 5.41) is 14.8. The quantitative estimate of drug-likeness (QED) is 0.276. The van der Waals surface area contributed by atoms with E-state index in [1.54, 1.807) is 10.8 Å². The Morgan fingerprint density at radius 2 is 2.00 bits per heavy atom. The number of fused-ring (bicyclic) bond motifs is 2. The Balaban J connectivity index is 0.00000272. The number of rotatable bonds is 6. The predicted molar refractivity (Wildman–Crippen MR) is 106 cm³/mol. The Morgan fingerprint density at radius 1 is 1.26 bits per heavy atom. The van der Waals surface area contributed by atoms with E-state index in [9.17, 15) is 24.3 Å². The summed E-state index contributed by atoms with van der Waals surface area (Å²) in [6.07, 6.45) is 1.80. The summed E-state index contributed by atoms with van der Waals surface area (Å²) < 4.78 is 6.66. The summed E-state index contributed by atoms with van der Waals surface area (Å²) >= 11 is 1.30. The van der Waals surface area contributed by atoms with Crippen molar-refractivity contribution in [3.63, 3.8) is 0 Å². The number of thioether (sulfide) groups is 1. The number of hydrogen-bond donors (Lipinski definition) is 1. The van der Waals surface area contributed by atoms with Gasteiger partial charge in [-0.3, -0.25) is 19.3 Å². The van der Waals surface area contributed by atoms with Crippen LogP contribution in [0.1, 0.15) is 6.92 Å². The zero-order chi connectivity index (χ0) is 21.4. The Morgan fingerprint density at radius 3 is 2.71 bits per heavy atom. The zero-order valence-corrected chi connectivity index (χ0v) is 19.8. The van der Waals surface area contributed by atoms with Crippen LogP contribution in [0.3, 0.4) is 0 Å². The number of aromatic nitrogens is 1. The van der Waals surface area contributed by atoms with Gasteiger partial charge in [-0.15, -0.1) is 11.8 Å². The van der Waals surface area contributed by atoms with Crippen molar-refractivity contribution in [1.29, 1.82) is 0 Å². The molecule has 0 aliphatic carbocycles. The van der Waals surface area contributed by atoms with Crippen molar-refractivity contribution in [2.24, 2.45) is 0 Å². The van der Waals surface area contributed by atoms with Crippen molar-refractivity contribution in [3.05, 3.63) is 47.8 Å². The van der Waals surface area contributed by atoms with Crippen LogP contribution < -0.4 is 40.0 Å². The molecule has 1 N–H and O–H groups in total. The standard InChI is InChI=1S/C20H19N3O6S.Na/c1-11(24)29-9-13-10-30-19-16(18(26)23(19)17(13)20(27)28)21-15(25)8-22-7-6-12-4-2-3-5-14(12)22;/h2-7,16,19H,8-10H2,1H3,(H,21,25)(H,27,28);/q;+1/p-1. The monoisotopic (exact) mass is 451 g/mol. The van der Waals surface area contributed by atoms with E-state index in [1.807, 2.05) is 30.3 Å². The van der Waals surface area contributed by atoms with E-state index in [2.05, 4.69) is 5.32 Å². The van der Waals surface area contributed by atoms with Gasteiger partial charge in [0.25, 0.3) is 5.91 Å². The van der Waals surface area contributed by atoms with Crippen LogP contribution in [0.2, 0.25) is 0 Å². The number of ether oxygens (including phenoxy) is 1. The van der Waals surface area contributed by atoms with Crippen LogP contribution in [-0.4, -0.2) is 57.0 Å². The van der Waals surface area contributed by atoms with Gasteiger partial charge in [-0.1, -0.05) is 18.2 Å². The van der Waals surface area contributed by atoms with Crippen LogP contribution in [0.5, 0.6) is 0 Å². The number of benzene rings is 1. The van der Waals surface area contributed by atoms with Gasteiger partial charge in [0.15, 0.2) is 0 Å². The molecule has 4 rings (SSSR count). The van der Waals surface area contributed by atoms with Gasteiger partial charge >= 0.3 is 35.5 Å². The van der Waals surface area contributed by atoms with Crippen molar-refractivity contribution in [2.75, 3.05) is 12.4 Å². The van der Waals surface area contributed by atoms with Crippen LogP contribution in [0.4, 0.5) is 0 Å². The van der Waals surface area contributed by atoms with Crippen molar-refractivity contribution < 1.29 is 58.6 Å². The Kier molecular flexibility index (Phi) is 7.15. The number of carboxylic acid groups (broad SMARTS) is 1. The maximum Gasteiger partial charge on any atom is 1.00 e. The first-order chi connectivity index (χ1) is 14.4. The van der Waals surface area contributed by atoms with Gasteiger partial charge < -0.3 is 24.5 Å². The summed E-state index contributed by atoms with van der Waals surface area (Å²) in [4.78, 5) is 48.9. The molecule has 2 amide bonds. The fraction of sp³-hybridized carbons (Fsp3) is 0.300. The molecule has 0 saturated carbocycles. The van der Waals surface area contributed by atoms with Gasteiger partial charge in [0.05, 0.1) is 11.7 Å². The molecule has 3 heterocycles. The van der Waals surface area contributed by atoms with Crippen molar-refractivity contribution in [3.8, 4) is 0 Å². The molecule has 2 aromatic rings. The summed E-state index contributed by atoms with van der Waals surface area (Å²) in [5.41, 5.74) is 0.911. The number of aliphatic carboxylic acids is 1. The number of esters is 1. The molecule has 2 atom stereocenters. The minimum Gasteiger partial charge on any atom is -0.543 e. The third kappa shape index (κ3) is 4.52. The number of nitrogens with zero attached hydrogens (tertiary/aromatic N) is 2. The maximum absolute atomic E-state index is 12.6. The van der Waals surface area contributed by atoms with E-state index in [4.69, 9.17) is 4.74 Å². The van der Waals surface area contributed by atoms with Crippen molar-refractivity contribution in [1.82, 2.24) is 14.8 Å². The second kappa shape index (κ2) is 9.47. The van der Waals surface area contributed by atoms with Crippen LogP contribution in [0, 0.1) is 0 Å². The smallest absolute Gasteiger partial charge is 0.543 e. The normalized spacial score (nSPS) is 19.9. The number of β-lactam (4-membered cyclic amide) rings is 1. The van der Waals surface area contributed by atoms with Gasteiger partial charge in [-0.05, 0) is 17.5 Å². The number of nitrogens with one attached hydrogen (secondary N) is 1. The molecule has 1 fully saturated rings. The molecule has 1 aromatic carbocycles. The molecule has 2 unspecified atom stereocenters. The van der Waals surface area contributed by atoms with E-state index in [1.165, 1.54) is 18.7 Å². The zero-order valence-electron chi connectivity index (χ0n) is 17.0. The number of carbonyl (C=O) groups is 4. The SMILES string of the molecule is CC(=O)OCC1=C(C(=O)[O-])N2C(=O)C(NC(=O)Cn3ccc4ccccc43)C2SC1.[Na+]. The minimum absolute atomic E-state index is 0. The van der Waals surface area contributed by atoms with E-state index < -0.39 is 29.3 Å². The molecule has 1 saturated heterocycles. The Labute approximate surface area is 204 Å². The third-order valence-corrected chi connectivity index (χ3v) is 6.34. The van der Waals surface area contributed by atoms with Gasteiger partial charge in [-0.25, -0.2) is 0 Å². The minimum atomic E-state index is -1.51. The van der Waals surface area contributed by atoms with E-state index >= 15 is 0 Å². The molecule has 11 heteroatoms. The number of hydrogen-bond acceptors (Lipinski definition) is 7. The first-order valence-electron chi connectivity index (χ1n) is 9.21. The molecule has 2 aliphatic rings. The second-order valence-corrected chi connectivity index (χ2v) is 8.08. The number of amides is 2. The van der Waals surface area contributed by atoms with Crippen molar-refractivity contribution in [2.45, 2.75) is 24.9 Å². The molecule has 1 aromatic heterocycles. The van der Waals surface area contributed by atoms with Crippen LogP contribution in [-0.2, 0) is 30.5 Å². The van der Waals surface area contributed by atoms with Crippen LogP contribution in [0.15, 0.2) is 47.8 Å². The number of para-hydroxylation sites is 1. The van der Waals surface area contributed by atoms with Crippen molar-refractivity contribution >= 4 is 46.4 Å². The van der Waals surface area contributed by atoms with Gasteiger partial charge in [0.2, 0.25) is 5.91 Å². The Hall–Kier alpha value is -2.27. The fourth-order valence-electron chi connectivity index (χ4n) is 3.62. The summed E-state index contributed by atoms with van der Waals surface area (Å²) in [6.45, 7) is 1.03. The average Bonchev–Trinajstić information content (AvgIpc) is 3.12. The first-order valence-corrected chi connectivity index (χ1v) is 10.3. The molecule has 156 valence electrons. The van der Waals surface area contributed by atoms with E-state index in [0.29, 0.717) is 5.57 Å². The molecule has 2 aliphatic heterocycles. The van der Waals surface area contributed by atoms with Gasteiger partial charge in [0.1, 0.15) is 24.6 Å². The second-order valence-electron chi connectivity index (χ2n) is 6.98. The summed E-state index contributed by atoms with van der Waals surface area (Å²) in [6, 6.07) is 8.71. The molecule has 0 radical (unpaired) electrons. The summed E-state index contributed by atoms with van der Waals surface area (Å²) in [5.74, 6) is -2.69. The maximum atomic E-state index is 12.6. The topological polar surface area (TPSA) is 121 Å². The molecular formula is C20H18N3NaO6S. The molecule has 9 nitrogen and oxygen atoms in total. The van der Waals surface area contributed by atoms with Crippen LogP contribution in [0.25, 0.3) is 10.9 Å². The summed E-state index contributed by atoms with van der Waals surface area (Å²) in [7, 11) is 0. The van der Waals surface area contributed by atoms with Crippen LogP contribution >= 0.6 is 11.8 Å². The molecule has 0 bridgehead atoms. The van der Waals surface area contributed by atoms with E-state index in [-0.39, 0.29) is 60.1 Å². The average molecular weight is 451 g/mol. The fourth-order valence-corrected chi connectivity index (χ4v) is 4.95. The predicted octanol–water partition coefficient (Wildman–Crippen LogP) is -3.39. The molecular weight excluding hydrogens is 433 g/mol. The van der Waals surface area contributed by atoms with Gasteiger partial charge in [-0.2, -0.15) is 0 Å². The first kappa shape index (κ1) is 23.4. The van der Waals surface area contributed by atoms with Gasteiger partial charge in [0, 0.05) is 30.0 Å².